The van der Waals surface area contributed by atoms with Crippen molar-refractivity contribution in [3.8, 4) is 0 Å². The van der Waals surface area contributed by atoms with E-state index >= 15 is 0 Å². The van der Waals surface area contributed by atoms with Gasteiger partial charge in [0.2, 0.25) is 0 Å². The number of thiocarbonyl (C=S) groups is 1. The molecule has 0 aliphatic heterocycles. The van der Waals surface area contributed by atoms with E-state index in [9.17, 15) is 0 Å². The molecule has 0 saturated heterocycles. The van der Waals surface area contributed by atoms with Crippen LogP contribution in [-0.4, -0.2) is 4.86 Å². The third kappa shape index (κ3) is 3.31. The van der Waals surface area contributed by atoms with Crippen molar-refractivity contribution < 1.29 is 0 Å². The summed E-state index contributed by atoms with van der Waals surface area (Å²) in [6, 6.07) is 0. The van der Waals surface area contributed by atoms with E-state index in [1.165, 1.54) is 49.8 Å². The Balaban J connectivity index is 2.21. The maximum Gasteiger partial charge on any atom is -0.00715 e. The van der Waals surface area contributed by atoms with Crippen LogP contribution in [0.1, 0.15) is 44.9 Å². The van der Waals surface area contributed by atoms with Gasteiger partial charge < -0.3 is 0 Å². The van der Waals surface area contributed by atoms with E-state index in [1.54, 1.807) is 0 Å². The second-order valence-corrected chi connectivity index (χ2v) is 3.54. The molecule has 0 aromatic rings. The monoisotopic (exact) mass is 155 g/mol. The molecule has 0 amide bonds. The lowest BCUT2D eigenvalue weighted by atomic mass is 10.1. The van der Waals surface area contributed by atoms with E-state index in [2.05, 4.69) is 6.42 Å². The number of hydrogen-bond donors (Lipinski definition) is 0. The van der Waals surface area contributed by atoms with Gasteiger partial charge >= 0.3 is 0 Å². The van der Waals surface area contributed by atoms with E-state index in [4.69, 9.17) is 12.2 Å². The van der Waals surface area contributed by atoms with E-state index in [0.29, 0.717) is 0 Å². The van der Waals surface area contributed by atoms with E-state index in [1.807, 2.05) is 0 Å². The van der Waals surface area contributed by atoms with E-state index in [-0.39, 0.29) is 0 Å². The summed E-state index contributed by atoms with van der Waals surface area (Å²) in [7, 11) is 0. The lowest BCUT2D eigenvalue weighted by Crippen LogP contribution is -1.92. The Morgan fingerprint density at radius 2 is 1.70 bits per heavy atom. The first-order valence-electron chi connectivity index (χ1n) is 4.23. The van der Waals surface area contributed by atoms with Crippen molar-refractivity contribution in [3.05, 3.63) is 6.42 Å². The van der Waals surface area contributed by atoms with Crippen molar-refractivity contribution in [3.63, 3.8) is 0 Å². The normalized spacial score (nSPS) is 23.0. The molecule has 0 atom stereocenters. The second kappa shape index (κ2) is 4.84. The van der Waals surface area contributed by atoms with Crippen LogP contribution in [0.25, 0.3) is 0 Å². The van der Waals surface area contributed by atoms with Crippen molar-refractivity contribution >= 4 is 17.1 Å². The minimum atomic E-state index is 1.19. The van der Waals surface area contributed by atoms with Crippen LogP contribution in [0.15, 0.2) is 0 Å². The van der Waals surface area contributed by atoms with Crippen LogP contribution >= 0.6 is 12.2 Å². The average Bonchev–Trinajstić information content (AvgIpc) is 2.02. The minimum Gasteiger partial charge on any atom is -0.0897 e. The zero-order chi connectivity index (χ0) is 7.23. The molecule has 1 aliphatic rings. The summed E-state index contributed by atoms with van der Waals surface area (Å²) in [4.78, 5) is 1.30. The zero-order valence-electron chi connectivity index (χ0n) is 6.44. The highest BCUT2D eigenvalue weighted by atomic mass is 32.1. The smallest absolute Gasteiger partial charge is 0.00715 e. The molecule has 1 heteroatoms. The van der Waals surface area contributed by atoms with Gasteiger partial charge in [-0.25, -0.2) is 0 Å². The highest BCUT2D eigenvalue weighted by molar-refractivity contribution is 7.80. The lowest BCUT2D eigenvalue weighted by Gasteiger charge is -1.97. The Hall–Kier alpha value is 0.0900. The molecule has 0 N–H and O–H groups in total. The fourth-order valence-corrected chi connectivity index (χ4v) is 1.61. The van der Waals surface area contributed by atoms with Crippen LogP contribution in [-0.2, 0) is 0 Å². The quantitative estimate of drug-likeness (QED) is 0.484. The molecule has 0 nitrogen and oxygen atoms in total. The highest BCUT2D eigenvalue weighted by Crippen LogP contribution is 2.13. The fourth-order valence-electron chi connectivity index (χ4n) is 1.32. The van der Waals surface area contributed by atoms with Crippen molar-refractivity contribution in [2.75, 3.05) is 0 Å². The van der Waals surface area contributed by atoms with Gasteiger partial charge in [0, 0.05) is 0 Å². The molecule has 0 aromatic carbocycles. The molecule has 0 aromatic heterocycles. The van der Waals surface area contributed by atoms with Gasteiger partial charge in [0.25, 0.3) is 0 Å². The molecular weight excluding hydrogens is 140 g/mol. The van der Waals surface area contributed by atoms with Gasteiger partial charge in [0.15, 0.2) is 0 Å². The molecule has 10 heavy (non-hydrogen) atoms. The summed E-state index contributed by atoms with van der Waals surface area (Å²) in [6.45, 7) is 0. The maximum absolute atomic E-state index is 5.20. The van der Waals surface area contributed by atoms with Gasteiger partial charge in [-0.3, -0.25) is 0 Å². The van der Waals surface area contributed by atoms with Gasteiger partial charge in [-0.15, -0.1) is 0 Å². The van der Waals surface area contributed by atoms with Crippen molar-refractivity contribution in [1.82, 2.24) is 0 Å². The molecule has 1 rings (SSSR count). The summed E-state index contributed by atoms with van der Waals surface area (Å²) >= 11 is 5.20. The molecular formula is C9H15S. The summed E-state index contributed by atoms with van der Waals surface area (Å²) in [5.74, 6) is 0. The zero-order valence-corrected chi connectivity index (χ0v) is 7.25. The Labute approximate surface area is 69.0 Å². The number of rotatable bonds is 0. The third-order valence-corrected chi connectivity index (χ3v) is 2.39. The predicted octanol–water partition coefficient (Wildman–Crippen LogP) is 3.30. The molecule has 57 valence electrons. The van der Waals surface area contributed by atoms with Crippen LogP contribution < -0.4 is 0 Å². The largest absolute Gasteiger partial charge is 0.0897 e. The van der Waals surface area contributed by atoms with Crippen molar-refractivity contribution in [2.45, 2.75) is 44.9 Å². The third-order valence-electron chi connectivity index (χ3n) is 1.98. The average molecular weight is 155 g/mol. The van der Waals surface area contributed by atoms with E-state index < -0.39 is 0 Å². The molecule has 0 heterocycles. The van der Waals surface area contributed by atoms with Crippen LogP contribution in [0, 0.1) is 6.42 Å². The molecule has 1 radical (unpaired) electrons. The molecule has 0 unspecified atom stereocenters. The molecule has 1 aliphatic carbocycles. The van der Waals surface area contributed by atoms with Gasteiger partial charge in [0.1, 0.15) is 0 Å². The molecule has 0 bridgehead atoms. The topological polar surface area (TPSA) is 0 Å². The lowest BCUT2D eigenvalue weighted by molar-refractivity contribution is 0.734. The highest BCUT2D eigenvalue weighted by Gasteiger charge is 2.00. The summed E-state index contributed by atoms with van der Waals surface area (Å²) in [5.41, 5.74) is 0. The Bertz CT molecular complexity index is 95.3. The first kappa shape index (κ1) is 8.19. The summed E-state index contributed by atoms with van der Waals surface area (Å²) in [5, 5.41) is 0. The SMILES string of the molecule is S=C1CCC[CH]CCCC1. The van der Waals surface area contributed by atoms with Crippen LogP contribution in [0.2, 0.25) is 0 Å². The first-order chi connectivity index (χ1) is 4.89. The van der Waals surface area contributed by atoms with E-state index in [0.717, 1.165) is 0 Å². The molecule has 1 fully saturated rings. The molecule has 1 saturated carbocycles. The van der Waals surface area contributed by atoms with Crippen molar-refractivity contribution in [1.29, 1.82) is 0 Å². The van der Waals surface area contributed by atoms with Gasteiger partial charge in [-0.05, 0) is 43.4 Å². The predicted molar refractivity (Wildman–Crippen MR) is 49.2 cm³/mol. The van der Waals surface area contributed by atoms with Crippen LogP contribution in [0.3, 0.4) is 0 Å². The molecule has 0 spiro atoms. The fraction of sp³-hybridized carbons (Fsp3) is 0.778. The first-order valence-corrected chi connectivity index (χ1v) is 4.64. The standard InChI is InChI=1S/C9H15S/c10-9-7-5-3-1-2-4-6-8-9/h1H,2-8H2. The number of hydrogen-bond acceptors (Lipinski definition) is 1. The van der Waals surface area contributed by atoms with Gasteiger partial charge in [-0.1, -0.05) is 25.1 Å². The maximum atomic E-state index is 5.20. The van der Waals surface area contributed by atoms with Gasteiger partial charge in [0.05, 0.1) is 0 Å². The van der Waals surface area contributed by atoms with Crippen molar-refractivity contribution in [2.24, 2.45) is 0 Å². The Morgan fingerprint density at radius 1 is 1.00 bits per heavy atom. The summed E-state index contributed by atoms with van der Waals surface area (Å²) < 4.78 is 0. The Kier molecular flexibility index (Phi) is 3.96. The van der Waals surface area contributed by atoms with Gasteiger partial charge in [-0.2, -0.15) is 0 Å². The van der Waals surface area contributed by atoms with Crippen LogP contribution in [0.5, 0.6) is 0 Å². The summed E-state index contributed by atoms with van der Waals surface area (Å²) in [6.07, 6.45) is 11.3. The van der Waals surface area contributed by atoms with Crippen LogP contribution in [0.4, 0.5) is 0 Å². The Morgan fingerprint density at radius 3 is 2.60 bits per heavy atom. The minimum absolute atomic E-state index is 1.19. The second-order valence-electron chi connectivity index (χ2n) is 2.97.